The summed E-state index contributed by atoms with van der Waals surface area (Å²) in [5.74, 6) is 0.130. The zero-order chi connectivity index (χ0) is 19.5. The molecule has 26 heavy (non-hydrogen) atoms. The fourth-order valence-corrected chi connectivity index (χ4v) is 3.75. The Balaban J connectivity index is 2.30. The van der Waals surface area contributed by atoms with Crippen molar-refractivity contribution in [1.29, 1.82) is 0 Å². The van der Waals surface area contributed by atoms with Gasteiger partial charge >= 0.3 is 0 Å². The van der Waals surface area contributed by atoms with E-state index in [0.29, 0.717) is 22.7 Å². The van der Waals surface area contributed by atoms with Gasteiger partial charge < -0.3 is 5.32 Å². The molecule has 2 aromatic rings. The van der Waals surface area contributed by atoms with Crippen molar-refractivity contribution < 1.29 is 13.2 Å². The van der Waals surface area contributed by atoms with E-state index in [-0.39, 0.29) is 10.8 Å². The Labute approximate surface area is 155 Å². The number of amides is 1. The second kappa shape index (κ2) is 8.01. The Morgan fingerprint density at radius 2 is 1.73 bits per heavy atom. The molecule has 0 saturated heterocycles. The van der Waals surface area contributed by atoms with Crippen LogP contribution in [-0.2, 0) is 10.0 Å². The van der Waals surface area contributed by atoms with Crippen LogP contribution in [0.25, 0.3) is 0 Å². The number of anilines is 1. The largest absolute Gasteiger partial charge is 0.322 e. The third-order valence-corrected chi connectivity index (χ3v) is 6.33. The van der Waals surface area contributed by atoms with Crippen molar-refractivity contribution in [2.24, 2.45) is 0 Å². The third-order valence-electron chi connectivity index (χ3n) is 4.79. The van der Waals surface area contributed by atoms with Gasteiger partial charge in [0, 0.05) is 11.3 Å². The summed E-state index contributed by atoms with van der Waals surface area (Å²) in [5.41, 5.74) is 3.60. The van der Waals surface area contributed by atoms with E-state index in [1.54, 1.807) is 19.9 Å². The lowest BCUT2D eigenvalue weighted by Gasteiger charge is -2.13. The predicted octanol–water partition coefficient (Wildman–Crippen LogP) is 3.98. The minimum absolute atomic E-state index is 0.122. The molecular formula is C20H26N2O3S. The molecule has 2 rings (SSSR count). The summed E-state index contributed by atoms with van der Waals surface area (Å²) >= 11 is 0. The first-order chi connectivity index (χ1) is 12.2. The lowest BCUT2D eigenvalue weighted by Crippen LogP contribution is -2.21. The summed E-state index contributed by atoms with van der Waals surface area (Å²) in [7, 11) is -2.27. The van der Waals surface area contributed by atoms with E-state index in [9.17, 15) is 13.2 Å². The predicted molar refractivity (Wildman–Crippen MR) is 105 cm³/mol. The highest BCUT2D eigenvalue weighted by atomic mass is 32.2. The summed E-state index contributed by atoms with van der Waals surface area (Å²) in [6.45, 7) is 7.82. The zero-order valence-corrected chi connectivity index (χ0v) is 16.7. The molecule has 0 saturated carbocycles. The molecule has 0 radical (unpaired) electrons. The van der Waals surface area contributed by atoms with Crippen molar-refractivity contribution in [3.05, 3.63) is 58.7 Å². The Morgan fingerprint density at radius 1 is 1.12 bits per heavy atom. The van der Waals surface area contributed by atoms with Crippen molar-refractivity contribution in [3.63, 3.8) is 0 Å². The van der Waals surface area contributed by atoms with Gasteiger partial charge in [0.15, 0.2) is 0 Å². The topological polar surface area (TPSA) is 75.3 Å². The lowest BCUT2D eigenvalue weighted by atomic mass is 9.98. The normalized spacial score (nSPS) is 12.7. The minimum Gasteiger partial charge on any atom is -0.322 e. The maximum absolute atomic E-state index is 12.6. The fraction of sp³-hybridized carbons (Fsp3) is 0.350. The first kappa shape index (κ1) is 20.1. The second-order valence-electron chi connectivity index (χ2n) is 6.51. The summed E-state index contributed by atoms with van der Waals surface area (Å²) in [4.78, 5) is 12.7. The van der Waals surface area contributed by atoms with Crippen LogP contribution in [0.4, 0.5) is 5.69 Å². The van der Waals surface area contributed by atoms with E-state index < -0.39 is 10.0 Å². The van der Waals surface area contributed by atoms with Gasteiger partial charge in [0.25, 0.3) is 5.91 Å². The van der Waals surface area contributed by atoms with Crippen molar-refractivity contribution in [2.45, 2.75) is 44.9 Å². The quantitative estimate of drug-likeness (QED) is 0.803. The molecule has 1 amide bonds. The van der Waals surface area contributed by atoms with Crippen LogP contribution >= 0.6 is 0 Å². The van der Waals surface area contributed by atoms with Gasteiger partial charge in [0.1, 0.15) is 0 Å². The maximum Gasteiger partial charge on any atom is 0.255 e. The molecule has 0 bridgehead atoms. The number of nitrogens with one attached hydrogen (secondary N) is 2. The van der Waals surface area contributed by atoms with Crippen molar-refractivity contribution in [3.8, 4) is 0 Å². The number of benzene rings is 2. The molecule has 5 nitrogen and oxygen atoms in total. The van der Waals surface area contributed by atoms with Crippen LogP contribution in [0, 0.1) is 13.8 Å². The van der Waals surface area contributed by atoms with Gasteiger partial charge in [-0.15, -0.1) is 0 Å². The van der Waals surface area contributed by atoms with Crippen LogP contribution in [0.5, 0.6) is 0 Å². The van der Waals surface area contributed by atoms with E-state index in [1.807, 2.05) is 24.3 Å². The van der Waals surface area contributed by atoms with E-state index in [1.165, 1.54) is 18.7 Å². The molecule has 0 fully saturated rings. The molecule has 0 spiro atoms. The summed E-state index contributed by atoms with van der Waals surface area (Å²) in [6, 6.07) is 10.9. The highest BCUT2D eigenvalue weighted by Gasteiger charge is 2.19. The Hall–Kier alpha value is -2.18. The van der Waals surface area contributed by atoms with Gasteiger partial charge in [0.05, 0.1) is 4.90 Å². The smallest absolute Gasteiger partial charge is 0.255 e. The Kier molecular flexibility index (Phi) is 6.21. The van der Waals surface area contributed by atoms with Crippen LogP contribution in [0.2, 0.25) is 0 Å². The number of carbonyl (C=O) groups excluding carboxylic acids is 1. The van der Waals surface area contributed by atoms with Crippen molar-refractivity contribution in [2.75, 3.05) is 12.4 Å². The number of hydrogen-bond acceptors (Lipinski definition) is 3. The lowest BCUT2D eigenvalue weighted by molar-refractivity contribution is 0.102. The Morgan fingerprint density at radius 3 is 2.27 bits per heavy atom. The molecule has 6 heteroatoms. The number of rotatable bonds is 6. The third kappa shape index (κ3) is 4.31. The molecule has 0 aliphatic heterocycles. The van der Waals surface area contributed by atoms with E-state index in [2.05, 4.69) is 23.9 Å². The average molecular weight is 375 g/mol. The monoisotopic (exact) mass is 374 g/mol. The number of carbonyl (C=O) groups is 1. The SMILES string of the molecule is CCC(C)c1ccc(NC(=O)c2cc(C)c(C)c(S(=O)(=O)NC)c2)cc1. The van der Waals surface area contributed by atoms with Crippen LogP contribution < -0.4 is 10.0 Å². The molecule has 0 aliphatic rings. The van der Waals surface area contributed by atoms with Gasteiger partial charge in [0.2, 0.25) is 10.0 Å². The van der Waals surface area contributed by atoms with E-state index in [4.69, 9.17) is 0 Å². The first-order valence-corrected chi connectivity index (χ1v) is 10.1. The fourth-order valence-electron chi connectivity index (χ4n) is 2.68. The maximum atomic E-state index is 12.6. The second-order valence-corrected chi connectivity index (χ2v) is 8.36. The van der Waals surface area contributed by atoms with Crippen molar-refractivity contribution in [1.82, 2.24) is 4.72 Å². The molecule has 1 atom stereocenters. The standard InChI is InChI=1S/C20H26N2O3S/c1-6-13(2)16-7-9-18(10-8-16)22-20(23)17-11-14(3)15(4)19(12-17)26(24,25)21-5/h7-13,21H,6H2,1-5H3,(H,22,23). The Bertz CT molecular complexity index is 903. The van der Waals surface area contributed by atoms with Crippen LogP contribution in [0.3, 0.4) is 0 Å². The number of hydrogen-bond donors (Lipinski definition) is 2. The number of aryl methyl sites for hydroxylation is 1. The van der Waals surface area contributed by atoms with Crippen LogP contribution in [-0.4, -0.2) is 21.4 Å². The summed E-state index contributed by atoms with van der Waals surface area (Å²) in [5, 5.41) is 2.83. The minimum atomic E-state index is -3.63. The van der Waals surface area contributed by atoms with Gasteiger partial charge in [-0.25, -0.2) is 13.1 Å². The van der Waals surface area contributed by atoms with Gasteiger partial charge in [-0.2, -0.15) is 0 Å². The summed E-state index contributed by atoms with van der Waals surface area (Å²) in [6.07, 6.45) is 1.05. The molecular weight excluding hydrogens is 348 g/mol. The highest BCUT2D eigenvalue weighted by molar-refractivity contribution is 7.89. The zero-order valence-electron chi connectivity index (χ0n) is 15.9. The highest BCUT2D eigenvalue weighted by Crippen LogP contribution is 2.23. The molecule has 1 unspecified atom stereocenters. The summed E-state index contributed by atoms with van der Waals surface area (Å²) < 4.78 is 26.7. The number of sulfonamides is 1. The van der Waals surface area contributed by atoms with E-state index in [0.717, 1.165) is 12.0 Å². The van der Waals surface area contributed by atoms with Crippen molar-refractivity contribution >= 4 is 21.6 Å². The van der Waals surface area contributed by atoms with E-state index >= 15 is 0 Å². The molecule has 140 valence electrons. The van der Waals surface area contributed by atoms with Gasteiger partial charge in [-0.05, 0) is 74.2 Å². The van der Waals surface area contributed by atoms with Crippen LogP contribution in [0.1, 0.15) is 53.2 Å². The van der Waals surface area contributed by atoms with Gasteiger partial charge in [-0.3, -0.25) is 4.79 Å². The average Bonchev–Trinajstić information content (AvgIpc) is 2.63. The first-order valence-electron chi connectivity index (χ1n) is 8.65. The molecule has 0 heterocycles. The molecule has 2 N–H and O–H groups in total. The van der Waals surface area contributed by atoms with Gasteiger partial charge in [-0.1, -0.05) is 26.0 Å². The van der Waals surface area contributed by atoms with Crippen LogP contribution in [0.15, 0.2) is 41.3 Å². The molecule has 2 aromatic carbocycles. The molecule has 0 aliphatic carbocycles. The molecule has 0 aromatic heterocycles.